The Hall–Kier alpha value is 0.430. The molecule has 0 fully saturated rings. The maximum absolute atomic E-state index is 9.87. The number of ether oxygens (including phenoxy) is 1. The first kappa shape index (κ1) is 11.3. The summed E-state index contributed by atoms with van der Waals surface area (Å²) in [6.45, 7) is 1.31. The van der Waals surface area contributed by atoms with E-state index in [0.717, 1.165) is 0 Å². The van der Waals surface area contributed by atoms with Crippen molar-refractivity contribution in [3.63, 3.8) is 0 Å². The number of carbonyl (C=O) groups is 1. The van der Waals surface area contributed by atoms with E-state index in [1.807, 2.05) is 0 Å². The van der Waals surface area contributed by atoms with Crippen LogP contribution in [0, 0.1) is 0 Å². The van der Waals surface area contributed by atoms with Crippen molar-refractivity contribution in [2.75, 3.05) is 13.2 Å². The Kier molecular flexibility index (Phi) is 10.5. The van der Waals surface area contributed by atoms with Crippen molar-refractivity contribution in [1.82, 2.24) is 0 Å². The zero-order valence-electron chi connectivity index (χ0n) is 6.18. The van der Waals surface area contributed by atoms with Crippen molar-refractivity contribution in [3.05, 3.63) is 0 Å². The van der Waals surface area contributed by atoms with Crippen LogP contribution in [0.25, 0.3) is 0 Å². The van der Waals surface area contributed by atoms with E-state index >= 15 is 0 Å². The van der Waals surface area contributed by atoms with Crippen LogP contribution in [0.1, 0.15) is 8.35 Å². The monoisotopic (exact) mass is 128 g/mol. The fourth-order valence-corrected chi connectivity index (χ4v) is 0.189. The Morgan fingerprint density at radius 1 is 1.88 bits per heavy atom. The average Bonchev–Trinajstić information content (AvgIpc) is 1.61. The Morgan fingerprint density at radius 3 is 2.50 bits per heavy atom. The van der Waals surface area contributed by atoms with E-state index in [9.17, 15) is 4.79 Å². The molecule has 0 amide bonds. The number of aliphatic hydroxyl groups excluding tert-OH is 1. The molecule has 0 bridgehead atoms. The van der Waals surface area contributed by atoms with Crippen molar-refractivity contribution in [2.24, 2.45) is 0 Å². The fraction of sp³-hybridized carbons (Fsp3) is 0.750. The van der Waals surface area contributed by atoms with E-state index < -0.39 is 0 Å². The van der Waals surface area contributed by atoms with E-state index in [4.69, 9.17) is 5.11 Å². The zero-order chi connectivity index (χ0) is 5.70. The number of esters is 1. The standard InChI is InChI=1S/C4H8O3.Na.H/c1-4(6)7-3-2-5;;/h5H,2-3H2,1H3;;/q;+1;-1. The Morgan fingerprint density at radius 2 is 2.38 bits per heavy atom. The third-order valence-electron chi connectivity index (χ3n) is 0.397. The SMILES string of the molecule is CC(=O)OCCO.[H-].[Na+]. The first-order valence-corrected chi connectivity index (χ1v) is 2.01. The molecular weight excluding hydrogens is 119 g/mol. The Labute approximate surface area is 71.8 Å². The van der Waals surface area contributed by atoms with Gasteiger partial charge >= 0.3 is 35.5 Å². The Bertz CT molecular complexity index is 68.8. The quantitative estimate of drug-likeness (QED) is 0.312. The molecule has 0 aliphatic heterocycles. The minimum absolute atomic E-state index is 0. The molecule has 4 heteroatoms. The summed E-state index contributed by atoms with van der Waals surface area (Å²) in [5.74, 6) is -0.353. The molecule has 0 rings (SSSR count). The minimum Gasteiger partial charge on any atom is -1.00 e. The number of carbonyl (C=O) groups excluding carboxylic acids is 1. The van der Waals surface area contributed by atoms with E-state index in [-0.39, 0.29) is 50.2 Å². The summed E-state index contributed by atoms with van der Waals surface area (Å²) in [4.78, 5) is 9.87. The number of aliphatic hydroxyl groups is 1. The van der Waals surface area contributed by atoms with E-state index in [0.29, 0.717) is 0 Å². The van der Waals surface area contributed by atoms with Gasteiger partial charge < -0.3 is 11.3 Å². The second-order valence-corrected chi connectivity index (χ2v) is 1.06. The third kappa shape index (κ3) is 9.66. The summed E-state index contributed by atoms with van der Waals surface area (Å²) in [5.41, 5.74) is 0. The predicted octanol–water partition coefficient (Wildman–Crippen LogP) is -3.34. The number of rotatable bonds is 2. The van der Waals surface area contributed by atoms with Crippen LogP contribution in [-0.4, -0.2) is 24.3 Å². The normalized spacial score (nSPS) is 7.25. The summed E-state index contributed by atoms with van der Waals surface area (Å²) in [5, 5.41) is 8.04. The molecule has 0 radical (unpaired) electrons. The van der Waals surface area contributed by atoms with Crippen LogP contribution in [0.4, 0.5) is 0 Å². The van der Waals surface area contributed by atoms with Crippen LogP contribution in [0.3, 0.4) is 0 Å². The molecule has 0 spiro atoms. The summed E-state index contributed by atoms with van der Waals surface area (Å²) in [6.07, 6.45) is 0. The van der Waals surface area contributed by atoms with Gasteiger partial charge in [-0.1, -0.05) is 0 Å². The van der Waals surface area contributed by atoms with E-state index in [1.54, 1.807) is 0 Å². The summed E-state index contributed by atoms with van der Waals surface area (Å²) in [6, 6.07) is 0. The van der Waals surface area contributed by atoms with Gasteiger partial charge in [-0.25, -0.2) is 0 Å². The molecular formula is C4H9NaO3. The van der Waals surface area contributed by atoms with E-state index in [1.165, 1.54) is 6.92 Å². The predicted molar refractivity (Wildman–Crippen MR) is 24.8 cm³/mol. The van der Waals surface area contributed by atoms with Gasteiger partial charge in [-0.05, 0) is 0 Å². The summed E-state index contributed by atoms with van der Waals surface area (Å²) in [7, 11) is 0. The topological polar surface area (TPSA) is 46.5 Å². The molecule has 0 aliphatic rings. The van der Waals surface area contributed by atoms with Gasteiger partial charge in [-0.2, -0.15) is 0 Å². The van der Waals surface area contributed by atoms with Gasteiger partial charge in [0, 0.05) is 6.92 Å². The molecule has 1 N–H and O–H groups in total. The summed E-state index contributed by atoms with van der Waals surface area (Å²) < 4.78 is 4.30. The van der Waals surface area contributed by atoms with Crippen LogP contribution >= 0.6 is 0 Å². The average molecular weight is 128 g/mol. The molecule has 44 valence electrons. The molecule has 0 aromatic rings. The maximum atomic E-state index is 9.87. The van der Waals surface area contributed by atoms with Crippen LogP contribution in [0.15, 0.2) is 0 Å². The van der Waals surface area contributed by atoms with Gasteiger partial charge in [0.1, 0.15) is 6.61 Å². The maximum Gasteiger partial charge on any atom is 1.00 e. The second kappa shape index (κ2) is 7.43. The fourth-order valence-electron chi connectivity index (χ4n) is 0.189. The van der Waals surface area contributed by atoms with Crippen molar-refractivity contribution < 1.29 is 45.6 Å². The molecule has 0 unspecified atom stereocenters. The van der Waals surface area contributed by atoms with Gasteiger partial charge in [0.05, 0.1) is 6.61 Å². The molecule has 0 saturated carbocycles. The molecule has 0 aromatic heterocycles. The number of hydrogen-bond acceptors (Lipinski definition) is 3. The van der Waals surface area contributed by atoms with Crippen molar-refractivity contribution in [3.8, 4) is 0 Å². The second-order valence-electron chi connectivity index (χ2n) is 1.06. The molecule has 3 nitrogen and oxygen atoms in total. The van der Waals surface area contributed by atoms with Gasteiger partial charge in [0.25, 0.3) is 0 Å². The molecule has 0 aromatic carbocycles. The van der Waals surface area contributed by atoms with Crippen LogP contribution in [0.2, 0.25) is 0 Å². The third-order valence-corrected chi connectivity index (χ3v) is 0.397. The number of hydrogen-bond donors (Lipinski definition) is 1. The van der Waals surface area contributed by atoms with Crippen LogP contribution in [-0.2, 0) is 9.53 Å². The smallest absolute Gasteiger partial charge is 1.00 e. The van der Waals surface area contributed by atoms with Gasteiger partial charge in [-0.15, -0.1) is 0 Å². The zero-order valence-corrected chi connectivity index (χ0v) is 7.18. The first-order valence-electron chi connectivity index (χ1n) is 2.01. The van der Waals surface area contributed by atoms with Gasteiger partial charge in [0.15, 0.2) is 0 Å². The van der Waals surface area contributed by atoms with Crippen molar-refractivity contribution in [1.29, 1.82) is 0 Å². The molecule has 0 saturated heterocycles. The first-order chi connectivity index (χ1) is 3.27. The molecule has 0 atom stereocenters. The molecule has 0 heterocycles. The van der Waals surface area contributed by atoms with Crippen molar-refractivity contribution >= 4 is 5.97 Å². The minimum atomic E-state index is -0.353. The van der Waals surface area contributed by atoms with Crippen LogP contribution in [0.5, 0.6) is 0 Å². The summed E-state index contributed by atoms with van der Waals surface area (Å²) >= 11 is 0. The van der Waals surface area contributed by atoms with E-state index in [2.05, 4.69) is 4.74 Å². The molecule has 0 aliphatic carbocycles. The molecule has 8 heavy (non-hydrogen) atoms. The Balaban J connectivity index is -0.000000180. The largest absolute Gasteiger partial charge is 1.00 e. The van der Waals surface area contributed by atoms with Crippen LogP contribution < -0.4 is 29.6 Å². The van der Waals surface area contributed by atoms with Gasteiger partial charge in [-0.3, -0.25) is 4.79 Å². The van der Waals surface area contributed by atoms with Gasteiger partial charge in [0.2, 0.25) is 0 Å². The van der Waals surface area contributed by atoms with Crippen molar-refractivity contribution in [2.45, 2.75) is 6.92 Å².